The Balaban J connectivity index is 1.59. The van der Waals surface area contributed by atoms with Gasteiger partial charge in [-0.15, -0.1) is 0 Å². The van der Waals surface area contributed by atoms with Crippen molar-refractivity contribution in [2.45, 2.75) is 19.4 Å². The highest BCUT2D eigenvalue weighted by Crippen LogP contribution is 2.20. The highest BCUT2D eigenvalue weighted by atomic mass is 35.5. The molecule has 0 fully saturated rings. The number of hydrogen-bond acceptors (Lipinski definition) is 4. The number of nitrogens with zero attached hydrogens (tertiary/aromatic N) is 2. The highest BCUT2D eigenvalue weighted by Gasteiger charge is 2.16. The van der Waals surface area contributed by atoms with Crippen LogP contribution < -0.4 is 10.6 Å². The number of benzene rings is 2. The first-order chi connectivity index (χ1) is 12.1. The van der Waals surface area contributed by atoms with Gasteiger partial charge in [0.2, 0.25) is 5.89 Å². The van der Waals surface area contributed by atoms with Gasteiger partial charge in [0.1, 0.15) is 0 Å². The van der Waals surface area contributed by atoms with Crippen molar-refractivity contribution in [3.63, 3.8) is 0 Å². The summed E-state index contributed by atoms with van der Waals surface area (Å²) < 4.78 is 5.25. The van der Waals surface area contributed by atoms with E-state index in [9.17, 15) is 4.79 Å². The van der Waals surface area contributed by atoms with Crippen LogP contribution in [0.3, 0.4) is 0 Å². The van der Waals surface area contributed by atoms with Crippen molar-refractivity contribution >= 4 is 23.3 Å². The van der Waals surface area contributed by atoms with Gasteiger partial charge in [-0.1, -0.05) is 59.2 Å². The number of urea groups is 1. The van der Waals surface area contributed by atoms with E-state index in [-0.39, 0.29) is 0 Å². The van der Waals surface area contributed by atoms with Gasteiger partial charge in [0.15, 0.2) is 5.82 Å². The molecule has 0 saturated carbocycles. The van der Waals surface area contributed by atoms with Crippen LogP contribution in [-0.2, 0) is 6.42 Å². The van der Waals surface area contributed by atoms with Crippen LogP contribution in [0.2, 0.25) is 5.02 Å². The van der Waals surface area contributed by atoms with E-state index >= 15 is 0 Å². The molecule has 6 nitrogen and oxygen atoms in total. The summed E-state index contributed by atoms with van der Waals surface area (Å²) >= 11 is 6.02. The molecule has 2 amide bonds. The minimum Gasteiger partial charge on any atom is -0.339 e. The Labute approximate surface area is 150 Å². The third-order valence-electron chi connectivity index (χ3n) is 3.54. The monoisotopic (exact) mass is 356 g/mol. The number of anilines is 1. The van der Waals surface area contributed by atoms with Crippen LogP contribution in [0.1, 0.15) is 30.2 Å². The molecule has 0 aliphatic heterocycles. The first-order valence-electron chi connectivity index (χ1n) is 7.80. The molecule has 0 spiro atoms. The van der Waals surface area contributed by atoms with Gasteiger partial charge in [0.05, 0.1) is 23.2 Å². The topological polar surface area (TPSA) is 80.0 Å². The molecular weight excluding hydrogens is 340 g/mol. The third kappa shape index (κ3) is 4.58. The summed E-state index contributed by atoms with van der Waals surface area (Å²) in [6.07, 6.45) is 0.548. The van der Waals surface area contributed by atoms with E-state index in [1.807, 2.05) is 30.3 Å². The second kappa shape index (κ2) is 7.81. The SMILES string of the molecule is CC(NC(=O)Nc1ccccc1Cl)c1noc(Cc2ccccc2)n1. The quantitative estimate of drug-likeness (QED) is 0.718. The predicted octanol–water partition coefficient (Wildman–Crippen LogP) is 4.20. The van der Waals surface area contributed by atoms with Gasteiger partial charge in [-0.2, -0.15) is 4.98 Å². The predicted molar refractivity (Wildman–Crippen MR) is 95.6 cm³/mol. The van der Waals surface area contributed by atoms with E-state index in [0.717, 1.165) is 5.56 Å². The Hall–Kier alpha value is -2.86. The molecule has 2 N–H and O–H groups in total. The fourth-order valence-electron chi connectivity index (χ4n) is 2.27. The van der Waals surface area contributed by atoms with E-state index in [1.54, 1.807) is 31.2 Å². The van der Waals surface area contributed by atoms with Crippen molar-refractivity contribution in [1.29, 1.82) is 0 Å². The third-order valence-corrected chi connectivity index (χ3v) is 3.87. The smallest absolute Gasteiger partial charge is 0.319 e. The fraction of sp³-hybridized carbons (Fsp3) is 0.167. The Morgan fingerprint density at radius 3 is 2.64 bits per heavy atom. The lowest BCUT2D eigenvalue weighted by Gasteiger charge is -2.12. The average molecular weight is 357 g/mol. The Morgan fingerprint density at radius 1 is 1.16 bits per heavy atom. The molecule has 1 unspecified atom stereocenters. The molecule has 0 aliphatic rings. The minimum atomic E-state index is -0.407. The Kier molecular flexibility index (Phi) is 5.30. The van der Waals surface area contributed by atoms with Gasteiger partial charge in [0, 0.05) is 0 Å². The second-order valence-electron chi connectivity index (χ2n) is 5.51. The number of halogens is 1. The van der Waals surface area contributed by atoms with Crippen molar-refractivity contribution in [1.82, 2.24) is 15.5 Å². The number of carbonyl (C=O) groups excluding carboxylic acids is 1. The summed E-state index contributed by atoms with van der Waals surface area (Å²) in [6, 6.07) is 16.0. The number of amides is 2. The van der Waals surface area contributed by atoms with Gasteiger partial charge >= 0.3 is 6.03 Å². The maximum atomic E-state index is 12.1. The standard InChI is InChI=1S/C18H17ClN4O2/c1-12(20-18(24)21-15-10-6-5-9-14(15)19)17-22-16(25-23-17)11-13-7-3-2-4-8-13/h2-10,12H,11H2,1H3,(H2,20,21,24). The molecule has 25 heavy (non-hydrogen) atoms. The zero-order valence-electron chi connectivity index (χ0n) is 13.6. The van der Waals surface area contributed by atoms with Crippen molar-refractivity contribution in [3.05, 3.63) is 76.9 Å². The molecule has 128 valence electrons. The summed E-state index contributed by atoms with van der Waals surface area (Å²) in [4.78, 5) is 16.4. The second-order valence-corrected chi connectivity index (χ2v) is 5.92. The molecule has 0 radical (unpaired) electrons. The molecule has 0 aliphatic carbocycles. The van der Waals surface area contributed by atoms with E-state index < -0.39 is 12.1 Å². The molecule has 3 rings (SSSR count). The van der Waals surface area contributed by atoms with E-state index in [2.05, 4.69) is 20.8 Å². The molecule has 0 bridgehead atoms. The average Bonchev–Trinajstić information content (AvgIpc) is 3.06. The largest absolute Gasteiger partial charge is 0.339 e. The van der Waals surface area contributed by atoms with Gasteiger partial charge in [-0.05, 0) is 24.6 Å². The molecule has 3 aromatic rings. The van der Waals surface area contributed by atoms with Crippen LogP contribution in [0, 0.1) is 0 Å². The summed E-state index contributed by atoms with van der Waals surface area (Å²) in [7, 11) is 0. The maximum absolute atomic E-state index is 12.1. The fourth-order valence-corrected chi connectivity index (χ4v) is 2.45. The van der Waals surface area contributed by atoms with Gasteiger partial charge < -0.3 is 15.2 Å². The number of rotatable bonds is 5. The summed E-state index contributed by atoms with van der Waals surface area (Å²) in [5, 5.41) is 9.85. The first kappa shape index (κ1) is 17.0. The number of nitrogens with one attached hydrogen (secondary N) is 2. The van der Waals surface area contributed by atoms with Crippen LogP contribution in [0.15, 0.2) is 59.1 Å². The van der Waals surface area contributed by atoms with Gasteiger partial charge in [-0.25, -0.2) is 4.79 Å². The zero-order chi connectivity index (χ0) is 17.6. The number of carbonyl (C=O) groups is 1. The molecule has 7 heteroatoms. The summed E-state index contributed by atoms with van der Waals surface area (Å²) in [5.74, 6) is 0.918. The lowest BCUT2D eigenvalue weighted by atomic mass is 10.1. The molecule has 1 heterocycles. The van der Waals surface area contributed by atoms with Crippen LogP contribution in [0.25, 0.3) is 0 Å². The van der Waals surface area contributed by atoms with Gasteiger partial charge in [-0.3, -0.25) is 0 Å². The molecule has 0 saturated heterocycles. The highest BCUT2D eigenvalue weighted by molar-refractivity contribution is 6.33. The normalized spacial score (nSPS) is 11.8. The van der Waals surface area contributed by atoms with E-state index in [4.69, 9.17) is 16.1 Å². The Morgan fingerprint density at radius 2 is 1.88 bits per heavy atom. The van der Waals surface area contributed by atoms with E-state index in [1.165, 1.54) is 0 Å². The zero-order valence-corrected chi connectivity index (χ0v) is 14.3. The maximum Gasteiger partial charge on any atom is 0.319 e. The molecular formula is C18H17ClN4O2. The number of para-hydroxylation sites is 1. The van der Waals surface area contributed by atoms with Crippen molar-refractivity contribution in [2.75, 3.05) is 5.32 Å². The lowest BCUT2D eigenvalue weighted by Crippen LogP contribution is -2.31. The molecule has 1 atom stereocenters. The van der Waals surface area contributed by atoms with Crippen molar-refractivity contribution < 1.29 is 9.32 Å². The lowest BCUT2D eigenvalue weighted by molar-refractivity contribution is 0.248. The molecule has 2 aromatic carbocycles. The van der Waals surface area contributed by atoms with Crippen LogP contribution in [0.5, 0.6) is 0 Å². The van der Waals surface area contributed by atoms with E-state index in [0.29, 0.717) is 28.8 Å². The molecule has 1 aromatic heterocycles. The van der Waals surface area contributed by atoms with Crippen molar-refractivity contribution in [2.24, 2.45) is 0 Å². The Bertz CT molecular complexity index is 851. The number of aromatic nitrogens is 2. The van der Waals surface area contributed by atoms with Crippen LogP contribution in [-0.4, -0.2) is 16.2 Å². The summed E-state index contributed by atoms with van der Waals surface area (Å²) in [6.45, 7) is 1.78. The summed E-state index contributed by atoms with van der Waals surface area (Å²) in [5.41, 5.74) is 1.61. The van der Waals surface area contributed by atoms with Crippen molar-refractivity contribution in [3.8, 4) is 0 Å². The first-order valence-corrected chi connectivity index (χ1v) is 8.18. The van der Waals surface area contributed by atoms with Crippen LogP contribution in [0.4, 0.5) is 10.5 Å². The minimum absolute atomic E-state index is 0.394. The number of hydrogen-bond donors (Lipinski definition) is 2. The van der Waals surface area contributed by atoms with Crippen LogP contribution >= 0.6 is 11.6 Å². The van der Waals surface area contributed by atoms with Gasteiger partial charge in [0.25, 0.3) is 0 Å².